The summed E-state index contributed by atoms with van der Waals surface area (Å²) in [4.78, 5) is 13.1. The summed E-state index contributed by atoms with van der Waals surface area (Å²) in [6.07, 6.45) is 1.56. The Morgan fingerprint density at radius 1 is 1.48 bits per heavy atom. The van der Waals surface area contributed by atoms with E-state index in [2.05, 4.69) is 29.6 Å². The first-order valence-corrected chi connectivity index (χ1v) is 8.00. The van der Waals surface area contributed by atoms with E-state index < -0.39 is 11.5 Å². The van der Waals surface area contributed by atoms with Gasteiger partial charge in [0.25, 0.3) is 0 Å². The zero-order valence-electron chi connectivity index (χ0n) is 12.0. The van der Waals surface area contributed by atoms with Crippen LogP contribution < -0.4 is 0 Å². The highest BCUT2D eigenvalue weighted by Crippen LogP contribution is 2.30. The van der Waals surface area contributed by atoms with E-state index in [1.54, 1.807) is 18.3 Å². The molecule has 1 fully saturated rings. The number of ether oxygens (including phenoxy) is 1. The van der Waals surface area contributed by atoms with Crippen molar-refractivity contribution in [3.8, 4) is 0 Å². The first kappa shape index (κ1) is 14.5. The third kappa shape index (κ3) is 2.69. The second-order valence-electron chi connectivity index (χ2n) is 5.64. The van der Waals surface area contributed by atoms with Crippen molar-refractivity contribution in [1.29, 1.82) is 0 Å². The highest BCUT2D eigenvalue weighted by atomic mass is 32.1. The first-order valence-electron chi connectivity index (χ1n) is 7.12. The molecular formula is C16H19NO3S. The number of likely N-dealkylation sites (tertiary alicyclic amines) is 1. The molecule has 0 bridgehead atoms. The Labute approximate surface area is 127 Å². The molecule has 4 nitrogen and oxygen atoms in total. The Kier molecular flexibility index (Phi) is 3.97. The largest absolute Gasteiger partial charge is 0.480 e. The van der Waals surface area contributed by atoms with Crippen molar-refractivity contribution in [2.75, 3.05) is 19.9 Å². The van der Waals surface area contributed by atoms with Crippen LogP contribution in [0.1, 0.15) is 18.9 Å². The number of rotatable bonds is 6. The molecule has 0 amide bonds. The number of carboxylic acids is 1. The number of hydrogen-bond donors (Lipinski definition) is 1. The third-order valence-corrected chi connectivity index (χ3v) is 5.36. The number of hydrogen-bond acceptors (Lipinski definition) is 4. The lowest BCUT2D eigenvalue weighted by molar-refractivity contribution is -0.168. The molecule has 0 saturated carbocycles. The molecule has 2 heterocycles. The Morgan fingerprint density at radius 3 is 3.00 bits per heavy atom. The molecule has 1 aliphatic rings. The van der Waals surface area contributed by atoms with E-state index in [0.29, 0.717) is 19.8 Å². The van der Waals surface area contributed by atoms with Gasteiger partial charge in [-0.05, 0) is 42.2 Å². The second-order valence-corrected chi connectivity index (χ2v) is 6.55. The summed E-state index contributed by atoms with van der Waals surface area (Å²) in [5.41, 5.74) is 0.565. The SMILES string of the molecule is CC1(C(=O)O)CCN1COCCc1csc2ccccc12. The van der Waals surface area contributed by atoms with E-state index in [1.165, 1.54) is 15.6 Å². The standard InChI is InChI=1S/C16H19NO3S/c1-16(15(18)19)7-8-17(16)11-20-9-6-12-10-21-14-5-3-2-4-13(12)14/h2-5,10H,6-9,11H2,1H3,(H,18,19). The summed E-state index contributed by atoms with van der Waals surface area (Å²) in [6, 6.07) is 8.37. The zero-order valence-corrected chi connectivity index (χ0v) is 12.9. The molecule has 0 radical (unpaired) electrons. The van der Waals surface area contributed by atoms with E-state index in [9.17, 15) is 9.90 Å². The fourth-order valence-electron chi connectivity index (χ4n) is 2.64. The number of carboxylic acid groups (broad SMARTS) is 1. The van der Waals surface area contributed by atoms with Gasteiger partial charge in [-0.2, -0.15) is 0 Å². The van der Waals surface area contributed by atoms with E-state index in [4.69, 9.17) is 4.74 Å². The van der Waals surface area contributed by atoms with Gasteiger partial charge in [0.05, 0.1) is 13.3 Å². The number of fused-ring (bicyclic) bond motifs is 1. The lowest BCUT2D eigenvalue weighted by Crippen LogP contribution is -2.63. The van der Waals surface area contributed by atoms with Crippen molar-refractivity contribution in [3.05, 3.63) is 35.2 Å². The van der Waals surface area contributed by atoms with Crippen LogP contribution in [0.5, 0.6) is 0 Å². The fraction of sp³-hybridized carbons (Fsp3) is 0.438. The monoisotopic (exact) mass is 305 g/mol. The van der Waals surface area contributed by atoms with E-state index in [-0.39, 0.29) is 0 Å². The van der Waals surface area contributed by atoms with Gasteiger partial charge >= 0.3 is 5.97 Å². The minimum Gasteiger partial charge on any atom is -0.480 e. The van der Waals surface area contributed by atoms with Gasteiger partial charge in [0.2, 0.25) is 0 Å². The molecule has 21 heavy (non-hydrogen) atoms. The van der Waals surface area contributed by atoms with Gasteiger partial charge in [-0.1, -0.05) is 18.2 Å². The van der Waals surface area contributed by atoms with E-state index >= 15 is 0 Å². The van der Waals surface area contributed by atoms with Crippen molar-refractivity contribution in [2.24, 2.45) is 0 Å². The molecule has 3 rings (SSSR count). The van der Waals surface area contributed by atoms with Crippen molar-refractivity contribution < 1.29 is 14.6 Å². The summed E-state index contributed by atoms with van der Waals surface area (Å²) in [7, 11) is 0. The van der Waals surface area contributed by atoms with Crippen LogP contribution in [0.4, 0.5) is 0 Å². The van der Waals surface area contributed by atoms with Gasteiger partial charge in [-0.15, -0.1) is 11.3 Å². The molecule has 0 aliphatic carbocycles. The van der Waals surface area contributed by atoms with Crippen LogP contribution in [-0.2, 0) is 16.0 Å². The molecule has 1 unspecified atom stereocenters. The average Bonchev–Trinajstić information content (AvgIpc) is 2.88. The number of aliphatic carboxylic acids is 1. The number of thiophene rings is 1. The molecule has 112 valence electrons. The lowest BCUT2D eigenvalue weighted by atomic mass is 9.87. The summed E-state index contributed by atoms with van der Waals surface area (Å²) in [6.45, 7) is 3.57. The molecule has 2 aromatic rings. The van der Waals surface area contributed by atoms with Crippen LogP contribution in [0.2, 0.25) is 0 Å². The van der Waals surface area contributed by atoms with Gasteiger partial charge in [-0.3, -0.25) is 9.69 Å². The Hall–Kier alpha value is -1.43. The highest BCUT2D eigenvalue weighted by molar-refractivity contribution is 7.17. The average molecular weight is 305 g/mol. The molecular weight excluding hydrogens is 286 g/mol. The summed E-state index contributed by atoms with van der Waals surface area (Å²) >= 11 is 1.75. The number of benzene rings is 1. The van der Waals surface area contributed by atoms with Crippen molar-refractivity contribution in [1.82, 2.24) is 4.90 Å². The Morgan fingerprint density at radius 2 is 2.29 bits per heavy atom. The number of nitrogens with zero attached hydrogens (tertiary/aromatic N) is 1. The smallest absolute Gasteiger partial charge is 0.323 e. The summed E-state index contributed by atoms with van der Waals surface area (Å²) in [5, 5.41) is 12.7. The second kappa shape index (κ2) is 5.75. The fourth-order valence-corrected chi connectivity index (χ4v) is 3.64. The van der Waals surface area contributed by atoms with Crippen LogP contribution in [-0.4, -0.2) is 41.4 Å². The first-order chi connectivity index (χ1) is 10.1. The maximum absolute atomic E-state index is 11.2. The predicted octanol–water partition coefficient (Wildman–Crippen LogP) is 2.97. The van der Waals surface area contributed by atoms with E-state index in [0.717, 1.165) is 13.0 Å². The minimum atomic E-state index is -0.763. The maximum Gasteiger partial charge on any atom is 0.323 e. The van der Waals surface area contributed by atoms with Gasteiger partial charge in [-0.25, -0.2) is 0 Å². The molecule has 1 aromatic heterocycles. The topological polar surface area (TPSA) is 49.8 Å². The van der Waals surface area contributed by atoms with Gasteiger partial charge in [0.15, 0.2) is 0 Å². The lowest BCUT2D eigenvalue weighted by Gasteiger charge is -2.46. The normalized spacial score (nSPS) is 22.3. The summed E-state index contributed by atoms with van der Waals surface area (Å²) < 4.78 is 6.97. The van der Waals surface area contributed by atoms with Crippen molar-refractivity contribution in [2.45, 2.75) is 25.3 Å². The van der Waals surface area contributed by atoms with Gasteiger partial charge < -0.3 is 9.84 Å². The van der Waals surface area contributed by atoms with Crippen LogP contribution in [0.15, 0.2) is 29.6 Å². The molecule has 1 saturated heterocycles. The predicted molar refractivity (Wildman–Crippen MR) is 83.7 cm³/mol. The Bertz CT molecular complexity index is 654. The number of carbonyl (C=O) groups is 1. The third-order valence-electron chi connectivity index (χ3n) is 4.35. The Balaban J connectivity index is 1.50. The van der Waals surface area contributed by atoms with Crippen LogP contribution in [0, 0.1) is 0 Å². The molecule has 5 heteroatoms. The van der Waals surface area contributed by atoms with Gasteiger partial charge in [0.1, 0.15) is 5.54 Å². The van der Waals surface area contributed by atoms with Crippen LogP contribution in [0.25, 0.3) is 10.1 Å². The van der Waals surface area contributed by atoms with E-state index in [1.807, 2.05) is 4.90 Å². The quantitative estimate of drug-likeness (QED) is 0.834. The maximum atomic E-state index is 11.2. The molecule has 1 aliphatic heterocycles. The van der Waals surface area contributed by atoms with Crippen molar-refractivity contribution >= 4 is 27.4 Å². The van der Waals surface area contributed by atoms with Gasteiger partial charge in [0, 0.05) is 11.2 Å². The van der Waals surface area contributed by atoms with Crippen LogP contribution in [0.3, 0.4) is 0 Å². The molecule has 1 atom stereocenters. The summed E-state index contributed by atoms with van der Waals surface area (Å²) in [5.74, 6) is -0.763. The minimum absolute atomic E-state index is 0.394. The molecule has 1 aromatic carbocycles. The zero-order chi connectivity index (χ0) is 14.9. The van der Waals surface area contributed by atoms with Crippen molar-refractivity contribution in [3.63, 3.8) is 0 Å². The van der Waals surface area contributed by atoms with Crippen LogP contribution >= 0.6 is 11.3 Å². The molecule has 0 spiro atoms. The highest BCUT2D eigenvalue weighted by Gasteiger charge is 2.46. The molecule has 1 N–H and O–H groups in total.